The summed E-state index contributed by atoms with van der Waals surface area (Å²) in [6.45, 7) is 0. The molecule has 0 spiro atoms. The number of allylic oxidation sites excluding steroid dienone is 4. The van der Waals surface area contributed by atoms with Crippen molar-refractivity contribution in [3.05, 3.63) is 74.6 Å². The third-order valence-corrected chi connectivity index (χ3v) is 3.69. The Morgan fingerprint density at radius 3 is 1.21 bits per heavy atom. The minimum atomic E-state index is 0. The van der Waals surface area contributed by atoms with Crippen LogP contribution in [0.15, 0.2) is 18.2 Å². The summed E-state index contributed by atoms with van der Waals surface area (Å²) in [6.07, 6.45) is 24.8. The zero-order valence-corrected chi connectivity index (χ0v) is 24.4. The van der Waals surface area contributed by atoms with Gasteiger partial charge in [0, 0.05) is 0 Å². The van der Waals surface area contributed by atoms with Gasteiger partial charge >= 0.3 is 26.8 Å². The van der Waals surface area contributed by atoms with E-state index in [1.807, 2.05) is 39.0 Å². The van der Waals surface area contributed by atoms with E-state index in [0.29, 0.717) is 0 Å². The molecule has 1 fully saturated rings. The van der Waals surface area contributed by atoms with E-state index in [9.17, 15) is 0 Å². The van der Waals surface area contributed by atoms with Crippen LogP contribution in [0, 0.1) is 50.6 Å². The molecule has 0 aromatic carbocycles. The van der Waals surface area contributed by atoms with Crippen LogP contribution in [0.25, 0.3) is 5.73 Å². The molecule has 0 saturated heterocycles. The molecule has 178 valence electrons. The van der Waals surface area contributed by atoms with E-state index in [-0.39, 0.29) is 75.4 Å². The first-order valence-corrected chi connectivity index (χ1v) is 12.2. The second-order valence-electron chi connectivity index (χ2n) is 5.46. The number of nitrogens with one attached hydrogen (secondary N) is 1. The maximum absolute atomic E-state index is 7.80. The Bertz CT molecular complexity index is 243. The standard InChI is InChI=1S/C12H24N.C5H5.6CH3.2ClH.H2Si.Ti/c13-12-10-8-6-4-2-1-3-5-7-9-11-12;1-2-4-5-3-1;;;;;;;;;;/h12-13H,1-11H2;1-3H,4H2;6*1H3;2*1H;1H2;/q8*-1;;;;. The summed E-state index contributed by atoms with van der Waals surface area (Å²) in [5, 5.41) is 0. The predicted molar refractivity (Wildman–Crippen MR) is 142 cm³/mol. The fourth-order valence-corrected chi connectivity index (χ4v) is 2.50. The van der Waals surface area contributed by atoms with Crippen molar-refractivity contribution in [2.24, 2.45) is 0 Å². The molecule has 0 aromatic heterocycles. The van der Waals surface area contributed by atoms with E-state index >= 15 is 0 Å². The number of halogens is 2. The summed E-state index contributed by atoms with van der Waals surface area (Å²) in [6, 6.07) is 0.249. The fourth-order valence-electron chi connectivity index (χ4n) is 2.50. The Hall–Kier alpha value is 0.951. The first-order chi connectivity index (χ1) is 9.89. The monoisotopic (exact) mass is 487 g/mol. The molecule has 0 atom stereocenters. The Morgan fingerprint density at radius 1 is 0.679 bits per heavy atom. The minimum absolute atomic E-state index is 0. The van der Waals surface area contributed by atoms with Crippen LogP contribution in [0.5, 0.6) is 0 Å². The van der Waals surface area contributed by atoms with Crippen LogP contribution >= 0.6 is 24.8 Å². The summed E-state index contributed by atoms with van der Waals surface area (Å²) in [4.78, 5) is 0. The van der Waals surface area contributed by atoms with E-state index in [0.717, 1.165) is 19.3 Å². The normalized spacial score (nSPS) is 14.7. The Kier molecular flexibility index (Phi) is 104. The van der Waals surface area contributed by atoms with Crippen LogP contribution in [0.1, 0.15) is 77.0 Å². The molecular weight excluding hydrogens is 437 g/mol. The van der Waals surface area contributed by atoms with Gasteiger partial charge in [-0.3, -0.25) is 6.08 Å². The quantitative estimate of drug-likeness (QED) is 0.241. The second kappa shape index (κ2) is 51.0. The first kappa shape index (κ1) is 56.8. The van der Waals surface area contributed by atoms with E-state index in [2.05, 4.69) is 12.2 Å². The van der Waals surface area contributed by atoms with Gasteiger partial charge in [0.1, 0.15) is 0 Å². The third kappa shape index (κ3) is 45.6. The summed E-state index contributed by atoms with van der Waals surface area (Å²) in [5.74, 6) is 0. The number of hydrogen-bond donors (Lipinski definition) is 0. The van der Waals surface area contributed by atoms with Gasteiger partial charge in [-0.2, -0.15) is 6.08 Å². The van der Waals surface area contributed by atoms with Gasteiger partial charge in [0.05, 0.1) is 0 Å². The van der Waals surface area contributed by atoms with Crippen LogP contribution in [0.3, 0.4) is 0 Å². The second-order valence-corrected chi connectivity index (χ2v) is 5.46. The molecule has 0 aliphatic heterocycles. The van der Waals surface area contributed by atoms with Crippen molar-refractivity contribution in [1.29, 1.82) is 0 Å². The maximum atomic E-state index is 7.80. The summed E-state index contributed by atoms with van der Waals surface area (Å²) < 4.78 is 0. The molecule has 1 N–H and O–H groups in total. The molecule has 28 heavy (non-hydrogen) atoms. The van der Waals surface area contributed by atoms with Crippen molar-refractivity contribution in [3.63, 3.8) is 0 Å². The van der Waals surface area contributed by atoms with Crippen molar-refractivity contribution in [2.45, 2.75) is 83.1 Å². The van der Waals surface area contributed by atoms with Gasteiger partial charge in [-0.15, -0.1) is 37.3 Å². The van der Waals surface area contributed by atoms with Crippen LogP contribution in [0.2, 0.25) is 0 Å². The van der Waals surface area contributed by atoms with E-state index < -0.39 is 0 Å². The molecule has 2 rings (SSSR count). The summed E-state index contributed by atoms with van der Waals surface area (Å²) >= 11 is 2.03. The average Bonchev–Trinajstić information content (AvgIpc) is 3.04. The molecule has 0 bridgehead atoms. The summed E-state index contributed by atoms with van der Waals surface area (Å²) in [5.41, 5.74) is 7.80. The molecule has 5 heteroatoms. The molecule has 0 radical (unpaired) electrons. The predicted octanol–water partition coefficient (Wildman–Crippen LogP) is 8.64. The van der Waals surface area contributed by atoms with Crippen LogP contribution < -0.4 is 0 Å². The third-order valence-electron chi connectivity index (χ3n) is 3.69. The number of hydrogen-bond acceptors (Lipinski definition) is 0. The van der Waals surface area contributed by atoms with Crippen molar-refractivity contribution < 1.29 is 19.2 Å². The van der Waals surface area contributed by atoms with Crippen molar-refractivity contribution in [1.82, 2.24) is 0 Å². The SMILES string of the molecule is Cl.Cl.[C-]1=CC=CC1.[CH3-].[CH3-].[CH3-].[CH3-].[CH3-].[CH3-].[NH-]C1CCCCCCCCCCC1.[SiH2]=[Ti]. The Balaban J connectivity index is -0.0000000305. The molecule has 1 nitrogen and oxygen atoms in total. The topological polar surface area (TPSA) is 23.8 Å². The molecule has 0 heterocycles. The molecule has 1 saturated carbocycles. The van der Waals surface area contributed by atoms with Gasteiger partial charge in [-0.05, 0) is 0 Å². The molecule has 0 amide bonds. The van der Waals surface area contributed by atoms with Crippen molar-refractivity contribution >= 4 is 32.4 Å². The van der Waals surface area contributed by atoms with Crippen LogP contribution in [-0.2, 0) is 19.2 Å². The van der Waals surface area contributed by atoms with Crippen molar-refractivity contribution in [3.8, 4) is 0 Å². The molecule has 0 aromatic rings. The van der Waals surface area contributed by atoms with E-state index in [4.69, 9.17) is 5.73 Å². The molecule has 0 unspecified atom stereocenters. The average molecular weight is 489 g/mol. The molecular formula is C23H51Cl2NSiTi-8. The van der Waals surface area contributed by atoms with Gasteiger partial charge in [0.25, 0.3) is 0 Å². The zero-order chi connectivity index (χ0) is 14.9. The van der Waals surface area contributed by atoms with Gasteiger partial charge in [-0.1, -0.05) is 70.6 Å². The van der Waals surface area contributed by atoms with Gasteiger partial charge < -0.3 is 50.3 Å². The van der Waals surface area contributed by atoms with Crippen molar-refractivity contribution in [2.75, 3.05) is 0 Å². The van der Waals surface area contributed by atoms with E-state index in [1.165, 1.54) is 57.8 Å². The zero-order valence-electron chi connectivity index (χ0n) is 19.8. The van der Waals surface area contributed by atoms with Crippen LogP contribution in [-0.4, -0.2) is 13.7 Å². The van der Waals surface area contributed by atoms with Gasteiger partial charge in [0.2, 0.25) is 0 Å². The van der Waals surface area contributed by atoms with Gasteiger partial charge in [0.15, 0.2) is 0 Å². The summed E-state index contributed by atoms with van der Waals surface area (Å²) in [7, 11) is 1.86. The number of rotatable bonds is 0. The Labute approximate surface area is 208 Å². The fraction of sp³-hybridized carbons (Fsp3) is 0.565. The van der Waals surface area contributed by atoms with Gasteiger partial charge in [-0.25, -0.2) is 12.2 Å². The van der Waals surface area contributed by atoms with E-state index in [1.54, 1.807) is 0 Å². The molecule has 2 aliphatic rings. The Morgan fingerprint density at radius 2 is 1.00 bits per heavy atom. The molecule has 2 aliphatic carbocycles. The first-order valence-electron chi connectivity index (χ1n) is 8.18. The van der Waals surface area contributed by atoms with Crippen LogP contribution in [0.4, 0.5) is 0 Å².